The van der Waals surface area contributed by atoms with Gasteiger partial charge in [0.25, 0.3) is 0 Å². The Labute approximate surface area is 127 Å². The minimum atomic E-state index is -0.749. The van der Waals surface area contributed by atoms with Crippen molar-refractivity contribution in [1.29, 1.82) is 0 Å². The zero-order chi connectivity index (χ0) is 15.8. The van der Waals surface area contributed by atoms with Crippen LogP contribution in [-0.4, -0.2) is 65.7 Å². The Morgan fingerprint density at radius 3 is 2.52 bits per heavy atom. The highest BCUT2D eigenvalue weighted by Gasteiger charge is 2.31. The van der Waals surface area contributed by atoms with Crippen LogP contribution in [0, 0.1) is 5.92 Å². The minimum absolute atomic E-state index is 0.0115. The van der Waals surface area contributed by atoms with Gasteiger partial charge in [0.05, 0.1) is 5.92 Å². The normalized spacial score (nSPS) is 22.4. The molecule has 21 heavy (non-hydrogen) atoms. The van der Waals surface area contributed by atoms with Crippen molar-refractivity contribution in [3.8, 4) is 0 Å². The van der Waals surface area contributed by atoms with Crippen LogP contribution in [0.1, 0.15) is 40.0 Å². The molecule has 0 spiro atoms. The van der Waals surface area contributed by atoms with E-state index in [1.54, 1.807) is 4.90 Å². The van der Waals surface area contributed by atoms with Crippen LogP contribution in [0.25, 0.3) is 0 Å². The monoisotopic (exact) mass is 299 g/mol. The average Bonchev–Trinajstić information content (AvgIpc) is 2.47. The molecule has 2 N–H and O–H groups in total. The van der Waals surface area contributed by atoms with E-state index in [1.165, 1.54) is 0 Å². The van der Waals surface area contributed by atoms with Crippen LogP contribution in [0.2, 0.25) is 0 Å². The number of carboxylic acid groups (broad SMARTS) is 1. The summed E-state index contributed by atoms with van der Waals surface area (Å²) in [6.07, 6.45) is 2.03. The first-order valence-electron chi connectivity index (χ1n) is 7.99. The van der Waals surface area contributed by atoms with Gasteiger partial charge < -0.3 is 20.2 Å². The van der Waals surface area contributed by atoms with E-state index in [-0.39, 0.29) is 18.0 Å². The van der Waals surface area contributed by atoms with E-state index >= 15 is 0 Å². The van der Waals surface area contributed by atoms with Gasteiger partial charge in [0.1, 0.15) is 0 Å². The van der Waals surface area contributed by atoms with Gasteiger partial charge in [-0.1, -0.05) is 13.8 Å². The second-order valence-electron chi connectivity index (χ2n) is 5.71. The molecule has 0 aromatic carbocycles. The number of aliphatic carboxylic acids is 1. The Morgan fingerprint density at radius 2 is 2.00 bits per heavy atom. The molecule has 6 heteroatoms. The molecule has 2 unspecified atom stereocenters. The fourth-order valence-electron chi connectivity index (χ4n) is 2.84. The molecule has 0 bridgehead atoms. The number of carbonyl (C=O) groups is 2. The van der Waals surface area contributed by atoms with Crippen LogP contribution in [0.5, 0.6) is 0 Å². The second kappa shape index (κ2) is 8.87. The lowest BCUT2D eigenvalue weighted by atomic mass is 9.92. The van der Waals surface area contributed by atoms with Crippen molar-refractivity contribution in [2.24, 2.45) is 5.92 Å². The van der Waals surface area contributed by atoms with Gasteiger partial charge in [-0.25, -0.2) is 4.79 Å². The Hall–Kier alpha value is -1.30. The summed E-state index contributed by atoms with van der Waals surface area (Å²) in [6, 6.07) is -0.0754. The number of nitrogens with one attached hydrogen (secondary N) is 1. The third-order valence-corrected chi connectivity index (χ3v) is 4.31. The van der Waals surface area contributed by atoms with E-state index < -0.39 is 5.97 Å². The van der Waals surface area contributed by atoms with Crippen LogP contribution >= 0.6 is 0 Å². The number of carbonyl (C=O) groups excluding carboxylic acids is 1. The summed E-state index contributed by atoms with van der Waals surface area (Å²) in [7, 11) is 0. The first-order chi connectivity index (χ1) is 9.99. The topological polar surface area (TPSA) is 72.9 Å². The van der Waals surface area contributed by atoms with Crippen molar-refractivity contribution in [2.45, 2.75) is 46.1 Å². The first-order valence-corrected chi connectivity index (χ1v) is 7.99. The molecule has 0 saturated carbocycles. The second-order valence-corrected chi connectivity index (χ2v) is 5.71. The summed E-state index contributed by atoms with van der Waals surface area (Å²) in [6.45, 7) is 10.4. The van der Waals surface area contributed by atoms with Gasteiger partial charge in [-0.3, -0.25) is 4.79 Å². The summed E-state index contributed by atoms with van der Waals surface area (Å²) in [5, 5.41) is 12.0. The lowest BCUT2D eigenvalue weighted by molar-refractivity contribution is -0.143. The molecule has 6 nitrogen and oxygen atoms in total. The van der Waals surface area contributed by atoms with Crippen LogP contribution < -0.4 is 5.32 Å². The Kier molecular flexibility index (Phi) is 7.50. The van der Waals surface area contributed by atoms with E-state index in [1.807, 2.05) is 6.92 Å². The quantitative estimate of drug-likeness (QED) is 0.701. The third-order valence-electron chi connectivity index (χ3n) is 4.31. The molecule has 0 aliphatic carbocycles. The molecule has 1 saturated heterocycles. The standard InChI is InChI=1S/C15H29N3O3/c1-4-17(5-2)9-6-8-16-15(21)18-10-7-13(14(19)20)11-12(18)3/h12-13H,4-11H2,1-3H3,(H,16,21)(H,19,20). The number of piperidine rings is 1. The summed E-state index contributed by atoms with van der Waals surface area (Å²) in [4.78, 5) is 27.2. The SMILES string of the molecule is CCN(CC)CCCNC(=O)N1CCC(C(=O)O)CC1C. The summed E-state index contributed by atoms with van der Waals surface area (Å²) >= 11 is 0. The molecular formula is C15H29N3O3. The fraction of sp³-hybridized carbons (Fsp3) is 0.867. The number of nitrogens with zero attached hydrogens (tertiary/aromatic N) is 2. The zero-order valence-corrected chi connectivity index (χ0v) is 13.5. The third kappa shape index (κ3) is 5.53. The number of likely N-dealkylation sites (tertiary alicyclic amines) is 1. The van der Waals surface area contributed by atoms with Crippen LogP contribution in [0.3, 0.4) is 0 Å². The van der Waals surface area contributed by atoms with Gasteiger partial charge in [0.15, 0.2) is 0 Å². The molecule has 1 heterocycles. The maximum atomic E-state index is 12.1. The maximum absolute atomic E-state index is 12.1. The van der Waals surface area contributed by atoms with E-state index in [9.17, 15) is 9.59 Å². The number of hydrogen-bond acceptors (Lipinski definition) is 3. The highest BCUT2D eigenvalue weighted by Crippen LogP contribution is 2.22. The molecule has 1 rings (SSSR count). The highest BCUT2D eigenvalue weighted by molar-refractivity contribution is 5.75. The van der Waals surface area contributed by atoms with Crippen molar-refractivity contribution in [1.82, 2.24) is 15.1 Å². The highest BCUT2D eigenvalue weighted by atomic mass is 16.4. The predicted octanol–water partition coefficient (Wildman–Crippen LogP) is 1.61. The van der Waals surface area contributed by atoms with Crippen molar-refractivity contribution in [3.63, 3.8) is 0 Å². The van der Waals surface area contributed by atoms with Crippen molar-refractivity contribution >= 4 is 12.0 Å². The Balaban J connectivity index is 2.28. The molecule has 2 amide bonds. The summed E-state index contributed by atoms with van der Waals surface area (Å²) in [5.41, 5.74) is 0. The van der Waals surface area contributed by atoms with Crippen molar-refractivity contribution in [2.75, 3.05) is 32.7 Å². The molecule has 0 aromatic heterocycles. The number of urea groups is 1. The van der Waals surface area contributed by atoms with Gasteiger partial charge >= 0.3 is 12.0 Å². The number of hydrogen-bond donors (Lipinski definition) is 2. The minimum Gasteiger partial charge on any atom is -0.481 e. The predicted molar refractivity (Wildman–Crippen MR) is 82.3 cm³/mol. The largest absolute Gasteiger partial charge is 0.481 e. The van der Waals surface area contributed by atoms with Gasteiger partial charge in [0, 0.05) is 19.1 Å². The van der Waals surface area contributed by atoms with Crippen LogP contribution in [0.15, 0.2) is 0 Å². The van der Waals surface area contributed by atoms with Crippen molar-refractivity contribution in [3.05, 3.63) is 0 Å². The van der Waals surface area contributed by atoms with Crippen LogP contribution in [0.4, 0.5) is 4.79 Å². The Bertz CT molecular complexity index is 345. The lowest BCUT2D eigenvalue weighted by Crippen LogP contribution is -2.50. The van der Waals surface area contributed by atoms with E-state index in [0.717, 1.165) is 26.1 Å². The Morgan fingerprint density at radius 1 is 1.33 bits per heavy atom. The number of amides is 2. The maximum Gasteiger partial charge on any atom is 0.317 e. The average molecular weight is 299 g/mol. The molecule has 1 aliphatic heterocycles. The van der Waals surface area contributed by atoms with Crippen molar-refractivity contribution < 1.29 is 14.7 Å². The molecular weight excluding hydrogens is 270 g/mol. The van der Waals surface area contributed by atoms with E-state index in [0.29, 0.717) is 25.9 Å². The molecule has 1 aliphatic rings. The van der Waals surface area contributed by atoms with E-state index in [2.05, 4.69) is 24.1 Å². The molecule has 0 radical (unpaired) electrons. The molecule has 2 atom stereocenters. The van der Waals surface area contributed by atoms with E-state index in [4.69, 9.17) is 5.11 Å². The summed E-state index contributed by atoms with van der Waals surface area (Å²) < 4.78 is 0. The number of rotatable bonds is 7. The van der Waals surface area contributed by atoms with Gasteiger partial charge in [0.2, 0.25) is 0 Å². The van der Waals surface area contributed by atoms with Crippen LogP contribution in [-0.2, 0) is 4.79 Å². The summed E-state index contributed by atoms with van der Waals surface area (Å²) in [5.74, 6) is -1.06. The zero-order valence-electron chi connectivity index (χ0n) is 13.5. The van der Waals surface area contributed by atoms with Gasteiger partial charge in [-0.15, -0.1) is 0 Å². The molecule has 122 valence electrons. The lowest BCUT2D eigenvalue weighted by Gasteiger charge is -2.36. The first kappa shape index (κ1) is 17.8. The fourth-order valence-corrected chi connectivity index (χ4v) is 2.84. The van der Waals surface area contributed by atoms with Gasteiger partial charge in [-0.05, 0) is 45.8 Å². The number of carboxylic acids is 1. The molecule has 0 aromatic rings. The molecule has 1 fully saturated rings. The van der Waals surface area contributed by atoms with Gasteiger partial charge in [-0.2, -0.15) is 0 Å². The smallest absolute Gasteiger partial charge is 0.317 e.